The van der Waals surface area contributed by atoms with Gasteiger partial charge in [-0.3, -0.25) is 4.79 Å². The van der Waals surface area contributed by atoms with Gasteiger partial charge >= 0.3 is 0 Å². The second-order valence-electron chi connectivity index (χ2n) is 7.75. The van der Waals surface area contributed by atoms with Gasteiger partial charge in [-0.1, -0.05) is 36.4 Å². The van der Waals surface area contributed by atoms with Crippen LogP contribution in [-0.2, 0) is 17.1 Å². The summed E-state index contributed by atoms with van der Waals surface area (Å²) in [6.45, 7) is 4.03. The lowest BCUT2D eigenvalue weighted by molar-refractivity contribution is 0.0763. The quantitative estimate of drug-likeness (QED) is 0.774. The van der Waals surface area contributed by atoms with Crippen molar-refractivity contribution in [1.29, 1.82) is 0 Å². The van der Waals surface area contributed by atoms with Gasteiger partial charge in [0.2, 0.25) is 10.0 Å². The molecule has 29 heavy (non-hydrogen) atoms. The summed E-state index contributed by atoms with van der Waals surface area (Å²) >= 11 is 0. The highest BCUT2D eigenvalue weighted by molar-refractivity contribution is 7.89. The SMILES string of the molecule is Cc1c(S(=O)(=O)N2CCCC2)cc(C(=O)N2CC=C(c3ccccc3)CC2)n1C. The minimum Gasteiger partial charge on any atom is -0.343 e. The fourth-order valence-corrected chi connectivity index (χ4v) is 5.92. The molecule has 1 amide bonds. The Hall–Kier alpha value is -2.38. The van der Waals surface area contributed by atoms with Gasteiger partial charge in [-0.2, -0.15) is 4.31 Å². The maximum Gasteiger partial charge on any atom is 0.270 e. The van der Waals surface area contributed by atoms with E-state index in [4.69, 9.17) is 0 Å². The Labute approximate surface area is 172 Å². The molecule has 2 aromatic rings. The third-order valence-corrected chi connectivity index (χ3v) is 8.05. The third kappa shape index (κ3) is 3.65. The highest BCUT2D eigenvalue weighted by Crippen LogP contribution is 2.28. The monoisotopic (exact) mass is 413 g/mol. The van der Waals surface area contributed by atoms with Crippen molar-refractivity contribution >= 4 is 21.5 Å². The highest BCUT2D eigenvalue weighted by Gasteiger charge is 2.32. The van der Waals surface area contributed by atoms with Crippen LogP contribution in [0.5, 0.6) is 0 Å². The fraction of sp³-hybridized carbons (Fsp3) is 0.409. The first kappa shape index (κ1) is 19.9. The molecule has 1 aromatic carbocycles. The lowest BCUT2D eigenvalue weighted by Crippen LogP contribution is -2.35. The molecular weight excluding hydrogens is 386 g/mol. The second-order valence-corrected chi connectivity index (χ2v) is 9.65. The van der Waals surface area contributed by atoms with Crippen LogP contribution in [0.25, 0.3) is 5.57 Å². The average Bonchev–Trinajstić information content (AvgIpc) is 3.39. The molecule has 2 aliphatic rings. The normalized spacial score (nSPS) is 18.1. The maximum atomic E-state index is 13.1. The molecule has 0 N–H and O–H groups in total. The van der Waals surface area contributed by atoms with Crippen LogP contribution in [0.1, 0.15) is 41.0 Å². The van der Waals surface area contributed by atoms with Crippen molar-refractivity contribution in [1.82, 2.24) is 13.8 Å². The van der Waals surface area contributed by atoms with E-state index < -0.39 is 10.0 Å². The number of benzene rings is 1. The molecule has 3 heterocycles. The van der Waals surface area contributed by atoms with E-state index >= 15 is 0 Å². The summed E-state index contributed by atoms with van der Waals surface area (Å²) in [7, 11) is -1.79. The molecular formula is C22H27N3O3S. The molecule has 0 atom stereocenters. The molecule has 0 radical (unpaired) electrons. The third-order valence-electron chi connectivity index (χ3n) is 6.03. The number of nitrogens with zero attached hydrogens (tertiary/aromatic N) is 3. The van der Waals surface area contributed by atoms with E-state index in [1.165, 1.54) is 15.4 Å². The zero-order chi connectivity index (χ0) is 20.6. The standard InChI is InChI=1S/C22H27N3O3S/c1-17-21(29(27,28)25-12-6-7-13-25)16-20(23(17)2)22(26)24-14-10-19(11-15-24)18-8-4-3-5-9-18/h3-5,8-10,16H,6-7,11-15H2,1-2H3. The van der Waals surface area contributed by atoms with E-state index in [9.17, 15) is 13.2 Å². The summed E-state index contributed by atoms with van der Waals surface area (Å²) in [6, 6.07) is 11.8. The molecule has 2 aliphatic heterocycles. The number of carbonyl (C=O) groups is 1. The molecule has 0 spiro atoms. The smallest absolute Gasteiger partial charge is 0.270 e. The summed E-state index contributed by atoms with van der Waals surface area (Å²) in [4.78, 5) is 15.2. The van der Waals surface area contributed by atoms with Crippen molar-refractivity contribution in [2.75, 3.05) is 26.2 Å². The van der Waals surface area contributed by atoms with E-state index in [1.807, 2.05) is 18.2 Å². The van der Waals surface area contributed by atoms with Crippen molar-refractivity contribution in [3.63, 3.8) is 0 Å². The highest BCUT2D eigenvalue weighted by atomic mass is 32.2. The molecule has 0 aliphatic carbocycles. The average molecular weight is 414 g/mol. The predicted molar refractivity (Wildman–Crippen MR) is 113 cm³/mol. The molecule has 7 heteroatoms. The molecule has 1 saturated heterocycles. The van der Waals surface area contributed by atoms with Gasteiger partial charge in [0.15, 0.2) is 0 Å². The summed E-state index contributed by atoms with van der Waals surface area (Å²) in [5.41, 5.74) is 3.47. The molecule has 0 unspecified atom stereocenters. The van der Waals surface area contributed by atoms with Crippen molar-refractivity contribution < 1.29 is 13.2 Å². The first-order chi connectivity index (χ1) is 13.9. The van der Waals surface area contributed by atoms with Gasteiger partial charge in [0, 0.05) is 38.9 Å². The fourth-order valence-electron chi connectivity index (χ4n) is 4.14. The van der Waals surface area contributed by atoms with E-state index in [-0.39, 0.29) is 10.8 Å². The molecule has 0 saturated carbocycles. The van der Waals surface area contributed by atoms with Gasteiger partial charge in [-0.15, -0.1) is 0 Å². The van der Waals surface area contributed by atoms with Crippen molar-refractivity contribution in [3.8, 4) is 0 Å². The minimum atomic E-state index is -3.55. The number of hydrogen-bond donors (Lipinski definition) is 0. The van der Waals surface area contributed by atoms with E-state index in [0.717, 1.165) is 19.3 Å². The number of hydrogen-bond acceptors (Lipinski definition) is 3. The van der Waals surface area contributed by atoms with Crippen molar-refractivity contribution in [2.24, 2.45) is 7.05 Å². The molecule has 154 valence electrons. The first-order valence-electron chi connectivity index (χ1n) is 10.1. The Bertz CT molecular complexity index is 1050. The van der Waals surface area contributed by atoms with Gasteiger partial charge in [0.05, 0.1) is 0 Å². The van der Waals surface area contributed by atoms with Crippen LogP contribution in [-0.4, -0.2) is 54.3 Å². The van der Waals surface area contributed by atoms with Crippen LogP contribution in [0.4, 0.5) is 0 Å². The summed E-state index contributed by atoms with van der Waals surface area (Å²) in [5.74, 6) is -0.123. The Balaban J connectivity index is 1.56. The minimum absolute atomic E-state index is 0.123. The lowest BCUT2D eigenvalue weighted by Gasteiger charge is -2.27. The number of sulfonamides is 1. The number of carbonyl (C=O) groups excluding carboxylic acids is 1. The Morgan fingerprint density at radius 3 is 2.34 bits per heavy atom. The zero-order valence-corrected chi connectivity index (χ0v) is 17.8. The van der Waals surface area contributed by atoms with Gasteiger partial charge in [-0.25, -0.2) is 8.42 Å². The number of aromatic nitrogens is 1. The Morgan fingerprint density at radius 1 is 1.03 bits per heavy atom. The van der Waals surface area contributed by atoms with E-state index in [1.54, 1.807) is 29.5 Å². The van der Waals surface area contributed by atoms with Crippen molar-refractivity contribution in [2.45, 2.75) is 31.1 Å². The van der Waals surface area contributed by atoms with Gasteiger partial charge in [-0.05, 0) is 43.4 Å². The molecule has 6 nitrogen and oxygen atoms in total. The van der Waals surface area contributed by atoms with Crippen LogP contribution in [0.2, 0.25) is 0 Å². The predicted octanol–water partition coefficient (Wildman–Crippen LogP) is 3.05. The van der Waals surface area contributed by atoms with Crippen LogP contribution in [0.3, 0.4) is 0 Å². The second kappa shape index (κ2) is 7.80. The van der Waals surface area contributed by atoms with E-state index in [0.29, 0.717) is 37.6 Å². The number of amides is 1. The molecule has 1 fully saturated rings. The number of rotatable bonds is 4. The largest absolute Gasteiger partial charge is 0.343 e. The maximum absolute atomic E-state index is 13.1. The van der Waals surface area contributed by atoms with Gasteiger partial charge < -0.3 is 9.47 Å². The van der Waals surface area contributed by atoms with Crippen LogP contribution >= 0.6 is 0 Å². The lowest BCUT2D eigenvalue weighted by atomic mass is 9.99. The van der Waals surface area contributed by atoms with Crippen LogP contribution < -0.4 is 0 Å². The Kier molecular flexibility index (Phi) is 5.36. The molecule has 0 bridgehead atoms. The van der Waals surface area contributed by atoms with Crippen LogP contribution in [0.15, 0.2) is 47.4 Å². The van der Waals surface area contributed by atoms with Crippen molar-refractivity contribution in [3.05, 3.63) is 59.4 Å². The van der Waals surface area contributed by atoms with E-state index in [2.05, 4.69) is 18.2 Å². The molecule has 1 aromatic heterocycles. The van der Waals surface area contributed by atoms with Crippen LogP contribution in [0, 0.1) is 6.92 Å². The summed E-state index contributed by atoms with van der Waals surface area (Å²) in [6.07, 6.45) is 4.66. The zero-order valence-electron chi connectivity index (χ0n) is 17.0. The molecule has 4 rings (SSSR count). The van der Waals surface area contributed by atoms with Gasteiger partial charge in [0.1, 0.15) is 10.6 Å². The summed E-state index contributed by atoms with van der Waals surface area (Å²) < 4.78 is 29.2. The summed E-state index contributed by atoms with van der Waals surface area (Å²) in [5, 5.41) is 0. The van der Waals surface area contributed by atoms with Gasteiger partial charge in [0.25, 0.3) is 5.91 Å². The topological polar surface area (TPSA) is 62.6 Å². The first-order valence-corrected chi connectivity index (χ1v) is 11.5. The Morgan fingerprint density at radius 2 is 1.72 bits per heavy atom.